The molecule has 0 aromatic carbocycles. The van der Waals surface area contributed by atoms with E-state index in [0.717, 1.165) is 44.3 Å². The van der Waals surface area contributed by atoms with Crippen LogP contribution in [0.1, 0.15) is 12.8 Å². The summed E-state index contributed by atoms with van der Waals surface area (Å²) in [7, 11) is 0. The summed E-state index contributed by atoms with van der Waals surface area (Å²) in [4.78, 5) is 11.7. The monoisotopic (exact) mass is 231 g/mol. The van der Waals surface area contributed by atoms with E-state index in [1.165, 1.54) is 0 Å². The molecule has 0 spiro atoms. The summed E-state index contributed by atoms with van der Waals surface area (Å²) >= 11 is 0. The average Bonchev–Trinajstić information content (AvgIpc) is 2.75. The molecule has 1 saturated carbocycles. The number of carbonyl (C=O) groups is 1. The Kier molecular flexibility index (Phi) is 3.19. The van der Waals surface area contributed by atoms with E-state index in [1.54, 1.807) is 0 Å². The lowest BCUT2D eigenvalue weighted by atomic mass is 10.2. The third-order valence-electron chi connectivity index (χ3n) is 3.78. The quantitative estimate of drug-likeness (QED) is 0.601. The van der Waals surface area contributed by atoms with Crippen LogP contribution in [0.25, 0.3) is 0 Å². The second-order valence-electron chi connectivity index (χ2n) is 4.67. The third-order valence-corrected chi connectivity index (χ3v) is 3.78. The van der Waals surface area contributed by atoms with Gasteiger partial charge < -0.3 is 16.0 Å². The molecular formula is C10H18ClN3O. The normalized spacial score (nSPS) is 41.9. The predicted molar refractivity (Wildman–Crippen MR) is 60.1 cm³/mol. The van der Waals surface area contributed by atoms with Gasteiger partial charge in [0, 0.05) is 19.1 Å². The highest BCUT2D eigenvalue weighted by atomic mass is 35.5. The van der Waals surface area contributed by atoms with Crippen molar-refractivity contribution < 1.29 is 4.79 Å². The van der Waals surface area contributed by atoms with E-state index in [9.17, 15) is 4.79 Å². The van der Waals surface area contributed by atoms with Crippen LogP contribution in [0.3, 0.4) is 0 Å². The van der Waals surface area contributed by atoms with Gasteiger partial charge in [0.2, 0.25) is 5.91 Å². The largest absolute Gasteiger partial charge is 0.351 e. The van der Waals surface area contributed by atoms with E-state index >= 15 is 0 Å². The number of fused-ring (bicyclic) bond motifs is 1. The van der Waals surface area contributed by atoms with Gasteiger partial charge in [-0.25, -0.2) is 0 Å². The fourth-order valence-electron chi connectivity index (χ4n) is 2.81. The molecule has 5 heteroatoms. The van der Waals surface area contributed by atoms with Crippen LogP contribution < -0.4 is 16.0 Å². The Morgan fingerprint density at radius 3 is 2.60 bits per heavy atom. The summed E-state index contributed by atoms with van der Waals surface area (Å²) < 4.78 is 0. The van der Waals surface area contributed by atoms with Crippen molar-refractivity contribution >= 4 is 18.3 Å². The van der Waals surface area contributed by atoms with Crippen molar-refractivity contribution in [3.8, 4) is 0 Å². The molecule has 86 valence electrons. The Morgan fingerprint density at radius 2 is 2.00 bits per heavy atom. The first kappa shape index (κ1) is 11.2. The van der Waals surface area contributed by atoms with E-state index in [2.05, 4.69) is 16.0 Å². The number of hydrogen-bond donors (Lipinski definition) is 3. The molecule has 3 N–H and O–H groups in total. The van der Waals surface area contributed by atoms with Gasteiger partial charge in [-0.05, 0) is 31.2 Å². The zero-order valence-electron chi connectivity index (χ0n) is 8.66. The number of nitrogens with one attached hydrogen (secondary N) is 3. The Bertz CT molecular complexity index is 245. The molecule has 2 aliphatic heterocycles. The van der Waals surface area contributed by atoms with E-state index in [1.807, 2.05) is 0 Å². The van der Waals surface area contributed by atoms with Crippen molar-refractivity contribution in [1.82, 2.24) is 16.0 Å². The minimum absolute atomic E-state index is 0. The van der Waals surface area contributed by atoms with Gasteiger partial charge in [0.15, 0.2) is 0 Å². The molecular weight excluding hydrogens is 214 g/mol. The molecule has 2 heterocycles. The molecule has 3 aliphatic rings. The summed E-state index contributed by atoms with van der Waals surface area (Å²) in [5.41, 5.74) is 0. The van der Waals surface area contributed by atoms with Crippen LogP contribution in [0.15, 0.2) is 0 Å². The molecule has 3 fully saturated rings. The highest BCUT2D eigenvalue weighted by Crippen LogP contribution is 2.41. The molecule has 0 radical (unpaired) electrons. The molecule has 1 amide bonds. The highest BCUT2D eigenvalue weighted by molar-refractivity contribution is 5.85. The van der Waals surface area contributed by atoms with Crippen molar-refractivity contribution in [2.75, 3.05) is 19.6 Å². The Balaban J connectivity index is 0.000000853. The van der Waals surface area contributed by atoms with E-state index in [0.29, 0.717) is 6.04 Å². The lowest BCUT2D eigenvalue weighted by molar-refractivity contribution is -0.123. The predicted octanol–water partition coefficient (Wildman–Crippen LogP) is -0.506. The number of halogens is 1. The molecule has 0 aromatic heterocycles. The van der Waals surface area contributed by atoms with Crippen molar-refractivity contribution in [1.29, 1.82) is 0 Å². The van der Waals surface area contributed by atoms with Gasteiger partial charge in [0.25, 0.3) is 0 Å². The number of carbonyl (C=O) groups excluding carboxylic acids is 1. The van der Waals surface area contributed by atoms with Gasteiger partial charge >= 0.3 is 0 Å². The fraction of sp³-hybridized carbons (Fsp3) is 0.900. The lowest BCUT2D eigenvalue weighted by Gasteiger charge is -2.12. The zero-order chi connectivity index (χ0) is 9.54. The Hall–Kier alpha value is -0.320. The number of piperidine rings is 1. The maximum atomic E-state index is 11.7. The van der Waals surface area contributed by atoms with Gasteiger partial charge in [0.1, 0.15) is 0 Å². The van der Waals surface area contributed by atoms with Crippen molar-refractivity contribution in [3.63, 3.8) is 0 Å². The molecule has 15 heavy (non-hydrogen) atoms. The van der Waals surface area contributed by atoms with Crippen LogP contribution >= 0.6 is 12.4 Å². The SMILES string of the molecule is Cl.O=C(NC1C2CNCC21)C1CCCN1. The summed E-state index contributed by atoms with van der Waals surface area (Å²) in [5, 5.41) is 9.71. The van der Waals surface area contributed by atoms with Crippen LogP contribution in [0, 0.1) is 11.8 Å². The first-order chi connectivity index (χ1) is 6.86. The lowest BCUT2D eigenvalue weighted by Crippen LogP contribution is -2.43. The first-order valence-corrected chi connectivity index (χ1v) is 5.61. The van der Waals surface area contributed by atoms with Crippen molar-refractivity contribution in [2.45, 2.75) is 24.9 Å². The standard InChI is InChI=1S/C10H17N3O.ClH/c14-10(8-2-1-3-12-8)13-9-6-4-11-5-7(6)9;/h6-9,11-12H,1-5H2,(H,13,14);1H. The van der Waals surface area contributed by atoms with Crippen LogP contribution in [0.5, 0.6) is 0 Å². The fourth-order valence-corrected chi connectivity index (χ4v) is 2.81. The minimum Gasteiger partial charge on any atom is -0.351 e. The van der Waals surface area contributed by atoms with E-state index in [4.69, 9.17) is 0 Å². The summed E-state index contributed by atoms with van der Waals surface area (Å²) in [5.74, 6) is 1.67. The molecule has 0 bridgehead atoms. The number of rotatable bonds is 2. The number of amides is 1. The van der Waals surface area contributed by atoms with Gasteiger partial charge in [-0.1, -0.05) is 0 Å². The van der Waals surface area contributed by atoms with Crippen LogP contribution in [-0.4, -0.2) is 37.6 Å². The summed E-state index contributed by atoms with van der Waals surface area (Å²) in [6.07, 6.45) is 2.14. The van der Waals surface area contributed by atoms with Gasteiger partial charge in [-0.15, -0.1) is 12.4 Å². The van der Waals surface area contributed by atoms with E-state index < -0.39 is 0 Å². The highest BCUT2D eigenvalue weighted by Gasteiger charge is 2.53. The second-order valence-corrected chi connectivity index (χ2v) is 4.67. The number of hydrogen-bond acceptors (Lipinski definition) is 3. The van der Waals surface area contributed by atoms with Gasteiger partial charge in [-0.2, -0.15) is 0 Å². The smallest absolute Gasteiger partial charge is 0.237 e. The topological polar surface area (TPSA) is 53.2 Å². The molecule has 0 aromatic rings. The summed E-state index contributed by atoms with van der Waals surface area (Å²) in [6.45, 7) is 3.18. The molecule has 3 atom stereocenters. The summed E-state index contributed by atoms with van der Waals surface area (Å²) in [6, 6.07) is 0.565. The van der Waals surface area contributed by atoms with Crippen LogP contribution in [0.4, 0.5) is 0 Å². The Morgan fingerprint density at radius 1 is 1.27 bits per heavy atom. The van der Waals surface area contributed by atoms with Crippen LogP contribution in [0.2, 0.25) is 0 Å². The average molecular weight is 232 g/mol. The molecule has 4 nitrogen and oxygen atoms in total. The van der Waals surface area contributed by atoms with Crippen LogP contribution in [-0.2, 0) is 4.79 Å². The minimum atomic E-state index is 0. The van der Waals surface area contributed by atoms with Gasteiger partial charge in [0.05, 0.1) is 6.04 Å². The van der Waals surface area contributed by atoms with Crippen molar-refractivity contribution in [2.24, 2.45) is 11.8 Å². The van der Waals surface area contributed by atoms with E-state index in [-0.39, 0.29) is 24.4 Å². The molecule has 3 rings (SSSR count). The first-order valence-electron chi connectivity index (χ1n) is 5.61. The third kappa shape index (κ3) is 1.98. The Labute approximate surface area is 96.0 Å². The van der Waals surface area contributed by atoms with Crippen molar-refractivity contribution in [3.05, 3.63) is 0 Å². The molecule has 2 saturated heterocycles. The van der Waals surface area contributed by atoms with Gasteiger partial charge in [-0.3, -0.25) is 4.79 Å². The maximum absolute atomic E-state index is 11.7. The second kappa shape index (κ2) is 4.28. The maximum Gasteiger partial charge on any atom is 0.237 e. The zero-order valence-corrected chi connectivity index (χ0v) is 9.48. The molecule has 3 unspecified atom stereocenters. The molecule has 1 aliphatic carbocycles.